The van der Waals surface area contributed by atoms with E-state index in [4.69, 9.17) is 4.74 Å². The van der Waals surface area contributed by atoms with Crippen LogP contribution < -0.4 is 15.0 Å². The van der Waals surface area contributed by atoms with Gasteiger partial charge in [0.15, 0.2) is 12.1 Å². The van der Waals surface area contributed by atoms with Crippen LogP contribution in [0, 0.1) is 6.92 Å². The normalized spacial score (nSPS) is 21.4. The minimum atomic E-state index is -0.138. The van der Waals surface area contributed by atoms with Crippen LogP contribution in [0.15, 0.2) is 36.5 Å². The first-order valence-electron chi connectivity index (χ1n) is 10.7. The quantitative estimate of drug-likeness (QED) is 0.587. The molecule has 32 heavy (non-hydrogen) atoms. The minimum Gasteiger partial charge on any atom is -0.507 e. The molecule has 9 heteroatoms. The summed E-state index contributed by atoms with van der Waals surface area (Å²) in [6.45, 7) is 5.35. The molecule has 0 aliphatic carbocycles. The van der Waals surface area contributed by atoms with Gasteiger partial charge in [0, 0.05) is 18.5 Å². The monoisotopic (exact) mass is 432 g/mol. The lowest BCUT2D eigenvalue weighted by Crippen LogP contribution is -2.52. The van der Waals surface area contributed by atoms with E-state index in [0.29, 0.717) is 35.7 Å². The summed E-state index contributed by atoms with van der Waals surface area (Å²) in [5.74, 6) is 1.34. The average molecular weight is 432 g/mol. The van der Waals surface area contributed by atoms with Crippen molar-refractivity contribution in [2.24, 2.45) is 0 Å². The summed E-state index contributed by atoms with van der Waals surface area (Å²) in [4.78, 5) is 21.8. The minimum absolute atomic E-state index is 0.0977. The van der Waals surface area contributed by atoms with Crippen molar-refractivity contribution in [1.82, 2.24) is 20.2 Å². The Kier molecular flexibility index (Phi) is 4.88. The largest absolute Gasteiger partial charge is 0.507 e. The van der Waals surface area contributed by atoms with E-state index in [1.54, 1.807) is 19.1 Å². The number of nitrogens with zero attached hydrogens (tertiary/aromatic N) is 5. The number of anilines is 2. The molecule has 0 radical (unpaired) electrons. The second kappa shape index (κ2) is 7.74. The standard InChI is InChI=1S/C23H24N6O3/c1-3-23-9-16(32-22-14(2)26-15(12-30)10-24-22)11-29(23)19-8-18(27-28-21(19)25-13-23)17-6-4-5-7-20(17)31/h4-8,10,12,16,31H,3,9,11,13H2,1-2H3,(H,25,28)/t16-,23+/m1/s1. The van der Waals surface area contributed by atoms with Crippen molar-refractivity contribution < 1.29 is 14.6 Å². The van der Waals surface area contributed by atoms with Crippen LogP contribution in [0.4, 0.5) is 11.5 Å². The summed E-state index contributed by atoms with van der Waals surface area (Å²) in [7, 11) is 0. The molecule has 164 valence electrons. The molecule has 0 unspecified atom stereocenters. The molecule has 0 saturated carbocycles. The van der Waals surface area contributed by atoms with Crippen LogP contribution in [0.2, 0.25) is 0 Å². The summed E-state index contributed by atoms with van der Waals surface area (Å²) in [5, 5.41) is 22.4. The van der Waals surface area contributed by atoms with Crippen LogP contribution in [-0.4, -0.2) is 56.3 Å². The van der Waals surface area contributed by atoms with E-state index in [1.165, 1.54) is 6.20 Å². The fourth-order valence-electron chi connectivity index (χ4n) is 4.66. The molecule has 5 rings (SSSR count). The van der Waals surface area contributed by atoms with Crippen molar-refractivity contribution in [2.75, 3.05) is 23.3 Å². The Labute approximate surface area is 185 Å². The summed E-state index contributed by atoms with van der Waals surface area (Å²) in [6, 6.07) is 9.09. The van der Waals surface area contributed by atoms with Gasteiger partial charge in [-0.25, -0.2) is 9.97 Å². The van der Waals surface area contributed by atoms with Gasteiger partial charge in [0.1, 0.15) is 23.2 Å². The van der Waals surface area contributed by atoms with E-state index < -0.39 is 0 Å². The van der Waals surface area contributed by atoms with Crippen LogP contribution in [-0.2, 0) is 0 Å². The summed E-state index contributed by atoms with van der Waals surface area (Å²) < 4.78 is 6.24. The molecule has 0 amide bonds. The average Bonchev–Trinajstić information content (AvgIpc) is 3.19. The molecule has 0 bridgehead atoms. The Morgan fingerprint density at radius 2 is 2.19 bits per heavy atom. The van der Waals surface area contributed by atoms with E-state index >= 15 is 0 Å². The highest BCUT2D eigenvalue weighted by Crippen LogP contribution is 2.45. The van der Waals surface area contributed by atoms with Gasteiger partial charge < -0.3 is 20.1 Å². The van der Waals surface area contributed by atoms with Gasteiger partial charge in [-0.15, -0.1) is 10.2 Å². The number of ether oxygens (including phenoxy) is 1. The third kappa shape index (κ3) is 3.30. The molecule has 9 nitrogen and oxygen atoms in total. The zero-order valence-corrected chi connectivity index (χ0v) is 17.9. The number of hydrogen-bond donors (Lipinski definition) is 2. The van der Waals surface area contributed by atoms with Crippen molar-refractivity contribution in [3.63, 3.8) is 0 Å². The lowest BCUT2D eigenvalue weighted by atomic mass is 9.90. The third-order valence-electron chi connectivity index (χ3n) is 6.37. The molecule has 2 aliphatic heterocycles. The number of aromatic hydroxyl groups is 1. The van der Waals surface area contributed by atoms with E-state index in [1.807, 2.05) is 18.2 Å². The zero-order valence-electron chi connectivity index (χ0n) is 17.9. The maximum atomic E-state index is 11.0. The number of hydrogen-bond acceptors (Lipinski definition) is 9. The molecule has 1 saturated heterocycles. The van der Waals surface area contributed by atoms with Crippen molar-refractivity contribution >= 4 is 17.8 Å². The maximum absolute atomic E-state index is 11.0. The van der Waals surface area contributed by atoms with Gasteiger partial charge in [0.05, 0.1) is 29.7 Å². The lowest BCUT2D eigenvalue weighted by Gasteiger charge is -2.43. The van der Waals surface area contributed by atoms with E-state index in [0.717, 1.165) is 30.9 Å². The molecule has 2 atom stereocenters. The number of phenolic OH excluding ortho intramolecular Hbond substituents is 1. The third-order valence-corrected chi connectivity index (χ3v) is 6.37. The number of phenols is 1. The van der Waals surface area contributed by atoms with Gasteiger partial charge in [0.2, 0.25) is 5.88 Å². The van der Waals surface area contributed by atoms with Crippen LogP contribution in [0.3, 0.4) is 0 Å². The molecular weight excluding hydrogens is 408 g/mol. The highest BCUT2D eigenvalue weighted by Gasteiger charge is 2.49. The highest BCUT2D eigenvalue weighted by atomic mass is 16.5. The number of aromatic nitrogens is 4. The molecule has 1 aromatic carbocycles. The van der Waals surface area contributed by atoms with Gasteiger partial charge in [-0.2, -0.15) is 0 Å². The second-order valence-electron chi connectivity index (χ2n) is 8.27. The van der Waals surface area contributed by atoms with Crippen molar-refractivity contribution in [3.05, 3.63) is 47.9 Å². The molecule has 4 heterocycles. The Hall–Kier alpha value is -3.75. The smallest absolute Gasteiger partial charge is 0.235 e. The first kappa shape index (κ1) is 20.2. The topological polar surface area (TPSA) is 113 Å². The molecule has 3 aromatic rings. The Bertz CT molecular complexity index is 1190. The molecule has 2 aliphatic rings. The number of nitrogens with one attached hydrogen (secondary N) is 1. The number of carbonyl (C=O) groups excluding carboxylic acids is 1. The molecule has 2 N–H and O–H groups in total. The van der Waals surface area contributed by atoms with Crippen LogP contribution in [0.25, 0.3) is 11.3 Å². The predicted octanol–water partition coefficient (Wildman–Crippen LogP) is 2.99. The van der Waals surface area contributed by atoms with Crippen LogP contribution in [0.1, 0.15) is 35.9 Å². The predicted molar refractivity (Wildman–Crippen MR) is 119 cm³/mol. The SMILES string of the molecule is CC[C@]12CNc3nnc(-c4ccccc4O)cc3N1C[C@H](Oc1ncc(C=O)nc1C)C2. The fourth-order valence-corrected chi connectivity index (χ4v) is 4.66. The fraction of sp³-hybridized carbons (Fsp3) is 0.348. The van der Waals surface area contributed by atoms with E-state index in [2.05, 4.69) is 37.3 Å². The van der Waals surface area contributed by atoms with Gasteiger partial charge in [-0.1, -0.05) is 19.1 Å². The maximum Gasteiger partial charge on any atom is 0.235 e. The summed E-state index contributed by atoms with van der Waals surface area (Å²) in [5.41, 5.74) is 2.94. The summed E-state index contributed by atoms with van der Waals surface area (Å²) in [6.07, 6.45) is 3.73. The van der Waals surface area contributed by atoms with Gasteiger partial charge in [-0.05, 0) is 31.5 Å². The summed E-state index contributed by atoms with van der Waals surface area (Å²) >= 11 is 0. The van der Waals surface area contributed by atoms with Crippen molar-refractivity contribution in [2.45, 2.75) is 38.3 Å². The Morgan fingerprint density at radius 1 is 1.34 bits per heavy atom. The Balaban J connectivity index is 1.47. The lowest BCUT2D eigenvalue weighted by molar-refractivity contribution is 0.111. The van der Waals surface area contributed by atoms with E-state index in [9.17, 15) is 9.90 Å². The highest BCUT2D eigenvalue weighted by molar-refractivity contribution is 5.77. The molecular formula is C23H24N6O3. The van der Waals surface area contributed by atoms with Crippen molar-refractivity contribution in [1.29, 1.82) is 0 Å². The number of fused-ring (bicyclic) bond motifs is 3. The number of para-hydroxylation sites is 1. The van der Waals surface area contributed by atoms with E-state index in [-0.39, 0.29) is 23.1 Å². The number of aryl methyl sites for hydroxylation is 1. The molecule has 0 spiro atoms. The van der Waals surface area contributed by atoms with Crippen LogP contribution >= 0.6 is 0 Å². The second-order valence-corrected chi connectivity index (χ2v) is 8.27. The first-order chi connectivity index (χ1) is 15.5. The van der Waals surface area contributed by atoms with Gasteiger partial charge >= 0.3 is 0 Å². The Morgan fingerprint density at radius 3 is 2.94 bits per heavy atom. The van der Waals surface area contributed by atoms with Gasteiger partial charge in [0.25, 0.3) is 0 Å². The van der Waals surface area contributed by atoms with Crippen molar-refractivity contribution in [3.8, 4) is 22.9 Å². The number of rotatable bonds is 5. The van der Waals surface area contributed by atoms with Crippen LogP contribution in [0.5, 0.6) is 11.6 Å². The number of benzene rings is 1. The molecule has 1 fully saturated rings. The first-order valence-corrected chi connectivity index (χ1v) is 10.7. The number of aldehydes is 1. The zero-order chi connectivity index (χ0) is 22.3. The molecule has 2 aromatic heterocycles. The van der Waals surface area contributed by atoms with Gasteiger partial charge in [-0.3, -0.25) is 4.79 Å². The number of carbonyl (C=O) groups is 1.